The van der Waals surface area contributed by atoms with Gasteiger partial charge in [-0.05, 0) is 36.8 Å². The molecule has 6 heteroatoms. The molecule has 0 saturated heterocycles. The van der Waals surface area contributed by atoms with Crippen molar-refractivity contribution >= 4 is 17.5 Å². The first-order chi connectivity index (χ1) is 9.60. The molecule has 0 bridgehead atoms. The number of rotatable bonds is 5. The van der Waals surface area contributed by atoms with Crippen molar-refractivity contribution in [3.05, 3.63) is 64.0 Å². The smallest absolute Gasteiger partial charge is 0.269 e. The number of benzene rings is 1. The molecule has 6 nitrogen and oxygen atoms in total. The number of hydrogen-bond acceptors (Lipinski definition) is 4. The van der Waals surface area contributed by atoms with Gasteiger partial charge in [-0.2, -0.15) is 5.10 Å². The van der Waals surface area contributed by atoms with Gasteiger partial charge in [0.1, 0.15) is 5.69 Å². The second-order valence-electron chi connectivity index (χ2n) is 4.10. The predicted molar refractivity (Wildman–Crippen MR) is 74.4 cm³/mol. The predicted octanol–water partition coefficient (Wildman–Crippen LogP) is 2.71. The lowest BCUT2D eigenvalue weighted by Gasteiger charge is -1.94. The van der Waals surface area contributed by atoms with E-state index >= 15 is 0 Å². The van der Waals surface area contributed by atoms with Crippen molar-refractivity contribution in [3.8, 4) is 0 Å². The van der Waals surface area contributed by atoms with Gasteiger partial charge in [0.05, 0.1) is 4.92 Å². The number of carbonyl (C=O) groups is 1. The maximum Gasteiger partial charge on any atom is 0.269 e. The molecule has 20 heavy (non-hydrogen) atoms. The minimum atomic E-state index is -0.462. The quantitative estimate of drug-likeness (QED) is 0.362. The lowest BCUT2D eigenvalue weighted by molar-refractivity contribution is -0.384. The van der Waals surface area contributed by atoms with Crippen LogP contribution >= 0.6 is 0 Å². The third-order valence-electron chi connectivity index (χ3n) is 2.75. The number of aryl methyl sites for hydroxylation is 1. The van der Waals surface area contributed by atoms with Crippen molar-refractivity contribution in [2.75, 3.05) is 0 Å². The van der Waals surface area contributed by atoms with Gasteiger partial charge in [0, 0.05) is 24.9 Å². The Morgan fingerprint density at radius 2 is 2.05 bits per heavy atom. The van der Waals surface area contributed by atoms with Crippen LogP contribution in [0.25, 0.3) is 6.08 Å². The van der Waals surface area contributed by atoms with Crippen LogP contribution in [-0.2, 0) is 6.54 Å². The second kappa shape index (κ2) is 5.92. The number of aromatic nitrogens is 2. The third-order valence-corrected chi connectivity index (χ3v) is 2.75. The Hall–Kier alpha value is -2.76. The zero-order valence-corrected chi connectivity index (χ0v) is 10.9. The van der Waals surface area contributed by atoms with Gasteiger partial charge in [0.15, 0.2) is 0 Å². The van der Waals surface area contributed by atoms with Gasteiger partial charge in [-0.1, -0.05) is 6.08 Å². The van der Waals surface area contributed by atoms with Gasteiger partial charge in [-0.3, -0.25) is 19.6 Å². The van der Waals surface area contributed by atoms with E-state index in [-0.39, 0.29) is 11.5 Å². The topological polar surface area (TPSA) is 78.0 Å². The first-order valence-corrected chi connectivity index (χ1v) is 6.10. The van der Waals surface area contributed by atoms with E-state index in [1.54, 1.807) is 35.2 Å². The lowest BCUT2D eigenvalue weighted by Crippen LogP contribution is -1.99. The van der Waals surface area contributed by atoms with E-state index in [1.165, 1.54) is 18.2 Å². The summed E-state index contributed by atoms with van der Waals surface area (Å²) in [5.74, 6) is -0.199. The summed E-state index contributed by atoms with van der Waals surface area (Å²) in [6, 6.07) is 7.64. The summed E-state index contributed by atoms with van der Waals surface area (Å²) in [7, 11) is 0. The molecule has 1 aromatic heterocycles. The van der Waals surface area contributed by atoms with Crippen LogP contribution in [0.3, 0.4) is 0 Å². The average molecular weight is 271 g/mol. The summed E-state index contributed by atoms with van der Waals surface area (Å²) in [5.41, 5.74) is 1.12. The summed E-state index contributed by atoms with van der Waals surface area (Å²) in [6.45, 7) is 2.65. The van der Waals surface area contributed by atoms with Crippen molar-refractivity contribution in [1.82, 2.24) is 9.78 Å². The van der Waals surface area contributed by atoms with Crippen molar-refractivity contribution in [2.24, 2.45) is 0 Å². The van der Waals surface area contributed by atoms with Crippen LogP contribution in [0.15, 0.2) is 42.6 Å². The normalized spacial score (nSPS) is 10.8. The van der Waals surface area contributed by atoms with Gasteiger partial charge in [0.25, 0.3) is 5.69 Å². The molecule has 0 amide bonds. The molecule has 0 aliphatic rings. The summed E-state index contributed by atoms with van der Waals surface area (Å²) in [5, 5.41) is 14.6. The number of allylic oxidation sites excluding steroid dienone is 1. The van der Waals surface area contributed by atoms with Gasteiger partial charge < -0.3 is 0 Å². The zero-order valence-electron chi connectivity index (χ0n) is 10.9. The van der Waals surface area contributed by atoms with E-state index in [9.17, 15) is 14.9 Å². The molecule has 0 spiro atoms. The number of non-ortho nitro benzene ring substituents is 1. The van der Waals surface area contributed by atoms with E-state index in [4.69, 9.17) is 0 Å². The molecule has 0 aliphatic carbocycles. The Balaban J connectivity index is 2.08. The molecule has 0 N–H and O–H groups in total. The molecule has 2 rings (SSSR count). The molecule has 0 unspecified atom stereocenters. The first kappa shape index (κ1) is 13.7. The van der Waals surface area contributed by atoms with E-state index in [2.05, 4.69) is 5.10 Å². The number of nitrogens with zero attached hydrogens (tertiary/aromatic N) is 3. The summed E-state index contributed by atoms with van der Waals surface area (Å²) < 4.78 is 1.67. The van der Waals surface area contributed by atoms with Crippen LogP contribution in [0.1, 0.15) is 23.0 Å². The summed E-state index contributed by atoms with van der Waals surface area (Å²) >= 11 is 0. The molecule has 0 aliphatic heterocycles. The highest BCUT2D eigenvalue weighted by atomic mass is 16.6. The Kier molecular flexibility index (Phi) is 4.05. The van der Waals surface area contributed by atoms with Crippen LogP contribution in [0, 0.1) is 10.1 Å². The van der Waals surface area contributed by atoms with Crippen LogP contribution in [0.4, 0.5) is 5.69 Å². The minimum absolute atomic E-state index is 0.0233. The van der Waals surface area contributed by atoms with Crippen LogP contribution < -0.4 is 0 Å². The molecule has 0 atom stereocenters. The average Bonchev–Trinajstić information content (AvgIpc) is 2.94. The van der Waals surface area contributed by atoms with Crippen molar-refractivity contribution in [2.45, 2.75) is 13.5 Å². The highest BCUT2D eigenvalue weighted by Crippen LogP contribution is 2.13. The molecule has 1 aromatic carbocycles. The second-order valence-corrected chi connectivity index (χ2v) is 4.10. The molecule has 0 fully saturated rings. The van der Waals surface area contributed by atoms with Crippen molar-refractivity contribution < 1.29 is 9.72 Å². The highest BCUT2D eigenvalue weighted by molar-refractivity contribution is 6.05. The van der Waals surface area contributed by atoms with Crippen LogP contribution in [-0.4, -0.2) is 20.5 Å². The van der Waals surface area contributed by atoms with E-state index < -0.39 is 4.92 Å². The largest absolute Gasteiger partial charge is 0.287 e. The Labute approximate surface area is 115 Å². The highest BCUT2D eigenvalue weighted by Gasteiger charge is 2.06. The number of ketones is 1. The van der Waals surface area contributed by atoms with E-state index in [0.717, 1.165) is 5.56 Å². The maximum atomic E-state index is 11.9. The SMILES string of the molecule is CCn1ccc(C(=O)/C=C/c2ccc([N+](=O)[O-])cc2)n1. The fourth-order valence-electron chi connectivity index (χ4n) is 1.63. The van der Waals surface area contributed by atoms with Gasteiger partial charge in [0.2, 0.25) is 5.78 Å². The van der Waals surface area contributed by atoms with Crippen LogP contribution in [0.5, 0.6) is 0 Å². The molecule has 1 heterocycles. The Morgan fingerprint density at radius 1 is 1.35 bits per heavy atom. The zero-order chi connectivity index (χ0) is 14.5. The van der Waals surface area contributed by atoms with Gasteiger partial charge in [-0.15, -0.1) is 0 Å². The lowest BCUT2D eigenvalue weighted by atomic mass is 10.1. The fourth-order valence-corrected chi connectivity index (χ4v) is 1.63. The first-order valence-electron chi connectivity index (χ1n) is 6.10. The Morgan fingerprint density at radius 3 is 2.60 bits per heavy atom. The molecular weight excluding hydrogens is 258 g/mol. The maximum absolute atomic E-state index is 11.9. The number of hydrogen-bond donors (Lipinski definition) is 0. The number of carbonyl (C=O) groups excluding carboxylic acids is 1. The minimum Gasteiger partial charge on any atom is -0.287 e. The standard InChI is InChI=1S/C14H13N3O3/c1-2-16-10-9-13(15-16)14(18)8-5-11-3-6-12(7-4-11)17(19)20/h3-10H,2H2,1H3/b8-5+. The van der Waals surface area contributed by atoms with Crippen molar-refractivity contribution in [3.63, 3.8) is 0 Å². The summed E-state index contributed by atoms with van der Waals surface area (Å²) in [6.07, 6.45) is 4.76. The van der Waals surface area contributed by atoms with Crippen LogP contribution in [0.2, 0.25) is 0 Å². The molecule has 0 saturated carbocycles. The fraction of sp³-hybridized carbons (Fsp3) is 0.143. The van der Waals surface area contributed by atoms with E-state index in [1.807, 2.05) is 6.92 Å². The number of nitro groups is 1. The van der Waals surface area contributed by atoms with Crippen molar-refractivity contribution in [1.29, 1.82) is 0 Å². The van der Waals surface area contributed by atoms with Gasteiger partial charge in [-0.25, -0.2) is 0 Å². The monoisotopic (exact) mass is 271 g/mol. The molecule has 102 valence electrons. The molecule has 2 aromatic rings. The van der Waals surface area contributed by atoms with E-state index in [0.29, 0.717) is 12.2 Å². The Bertz CT molecular complexity index is 657. The molecule has 0 radical (unpaired) electrons. The third kappa shape index (κ3) is 3.17. The number of nitro benzene ring substituents is 1. The molecular formula is C14H13N3O3. The summed E-state index contributed by atoms with van der Waals surface area (Å²) in [4.78, 5) is 21.9. The van der Waals surface area contributed by atoms with Gasteiger partial charge >= 0.3 is 0 Å².